The number of rotatable bonds is 3. The Morgan fingerprint density at radius 2 is 2.22 bits per heavy atom. The average Bonchev–Trinajstić information content (AvgIpc) is 2.73. The summed E-state index contributed by atoms with van der Waals surface area (Å²) in [6.07, 6.45) is 6.21. The Kier molecular flexibility index (Phi) is 3.06. The standard InChI is InChI=1S/C15H14O3/c1-4-6-12(16)11-7-10(5-2)14(17)15-13(11)9(3)8-18-15/h4-8,17H,2H2,1,3H3/b6-4+. The van der Waals surface area contributed by atoms with Crippen LogP contribution in [-0.2, 0) is 0 Å². The molecule has 0 aliphatic heterocycles. The summed E-state index contributed by atoms with van der Waals surface area (Å²) in [4.78, 5) is 12.0. The molecule has 0 aliphatic carbocycles. The Morgan fingerprint density at radius 1 is 1.50 bits per heavy atom. The molecule has 1 heterocycles. The van der Waals surface area contributed by atoms with Gasteiger partial charge in [0.25, 0.3) is 0 Å². The highest BCUT2D eigenvalue weighted by atomic mass is 16.3. The molecule has 3 nitrogen and oxygen atoms in total. The molecule has 2 rings (SSSR count). The van der Waals surface area contributed by atoms with E-state index < -0.39 is 0 Å². The molecule has 0 fully saturated rings. The molecule has 0 saturated heterocycles. The van der Waals surface area contributed by atoms with E-state index in [1.54, 1.807) is 19.1 Å². The second-order valence-corrected chi connectivity index (χ2v) is 4.05. The second kappa shape index (κ2) is 4.53. The minimum Gasteiger partial charge on any atom is -0.504 e. The number of carbonyl (C=O) groups excluding carboxylic acids is 1. The summed E-state index contributed by atoms with van der Waals surface area (Å²) < 4.78 is 5.32. The number of benzene rings is 1. The topological polar surface area (TPSA) is 50.4 Å². The lowest BCUT2D eigenvalue weighted by Gasteiger charge is -2.05. The average molecular weight is 242 g/mol. The molecule has 0 amide bonds. The van der Waals surface area contributed by atoms with Gasteiger partial charge in [0.1, 0.15) is 0 Å². The maximum absolute atomic E-state index is 12.0. The molecule has 18 heavy (non-hydrogen) atoms. The number of hydrogen-bond donors (Lipinski definition) is 1. The van der Waals surface area contributed by atoms with Gasteiger partial charge in [-0.05, 0) is 31.6 Å². The van der Waals surface area contributed by atoms with E-state index >= 15 is 0 Å². The summed E-state index contributed by atoms with van der Waals surface area (Å²) >= 11 is 0. The Bertz CT molecular complexity index is 660. The van der Waals surface area contributed by atoms with Gasteiger partial charge in [0, 0.05) is 16.5 Å². The number of carbonyl (C=O) groups is 1. The van der Waals surface area contributed by atoms with E-state index in [1.807, 2.05) is 6.92 Å². The van der Waals surface area contributed by atoms with Gasteiger partial charge >= 0.3 is 0 Å². The molecule has 0 saturated carbocycles. The number of phenols is 1. The number of fused-ring (bicyclic) bond motifs is 1. The summed E-state index contributed by atoms with van der Waals surface area (Å²) in [5, 5.41) is 10.7. The van der Waals surface area contributed by atoms with Gasteiger partial charge in [0.2, 0.25) is 0 Å². The lowest BCUT2D eigenvalue weighted by atomic mass is 9.99. The second-order valence-electron chi connectivity index (χ2n) is 4.05. The van der Waals surface area contributed by atoms with Crippen molar-refractivity contribution in [3.63, 3.8) is 0 Å². The van der Waals surface area contributed by atoms with Crippen LogP contribution < -0.4 is 0 Å². The highest BCUT2D eigenvalue weighted by molar-refractivity contribution is 6.15. The van der Waals surface area contributed by atoms with E-state index in [0.717, 1.165) is 5.56 Å². The zero-order chi connectivity index (χ0) is 13.3. The van der Waals surface area contributed by atoms with Gasteiger partial charge in [-0.1, -0.05) is 18.7 Å². The molecule has 0 radical (unpaired) electrons. The number of aromatic hydroxyl groups is 1. The molecule has 0 spiro atoms. The van der Waals surface area contributed by atoms with Crippen molar-refractivity contribution >= 4 is 22.8 Å². The first-order valence-electron chi connectivity index (χ1n) is 5.63. The summed E-state index contributed by atoms with van der Waals surface area (Å²) in [5.74, 6) is -0.0970. The predicted octanol–water partition coefficient (Wildman–Crippen LogP) is 3.85. The lowest BCUT2D eigenvalue weighted by molar-refractivity contribution is 0.104. The largest absolute Gasteiger partial charge is 0.504 e. The van der Waals surface area contributed by atoms with Crippen LogP contribution in [0.2, 0.25) is 0 Å². The SMILES string of the molecule is C=Cc1cc(C(=O)/C=C/C)c2c(C)coc2c1O. The summed E-state index contributed by atoms with van der Waals surface area (Å²) in [7, 11) is 0. The maximum atomic E-state index is 12.0. The van der Waals surface area contributed by atoms with Gasteiger partial charge in [0.05, 0.1) is 6.26 Å². The smallest absolute Gasteiger partial charge is 0.186 e. The lowest BCUT2D eigenvalue weighted by Crippen LogP contribution is -1.97. The van der Waals surface area contributed by atoms with Crippen LogP contribution in [0, 0.1) is 6.92 Å². The highest BCUT2D eigenvalue weighted by Crippen LogP contribution is 2.35. The third-order valence-electron chi connectivity index (χ3n) is 2.84. The number of phenolic OH excluding ortho intramolecular Hbond substituents is 1. The van der Waals surface area contributed by atoms with Crippen LogP contribution in [-0.4, -0.2) is 10.9 Å². The minimum absolute atomic E-state index is 0.0186. The van der Waals surface area contributed by atoms with Gasteiger partial charge in [0.15, 0.2) is 17.1 Å². The number of hydrogen-bond acceptors (Lipinski definition) is 3. The fourth-order valence-corrected chi connectivity index (χ4v) is 1.97. The maximum Gasteiger partial charge on any atom is 0.186 e. The van der Waals surface area contributed by atoms with Crippen LogP contribution in [0.1, 0.15) is 28.4 Å². The molecular weight excluding hydrogens is 228 g/mol. The van der Waals surface area contributed by atoms with Crippen LogP contribution >= 0.6 is 0 Å². The molecule has 2 aromatic rings. The molecule has 1 aromatic heterocycles. The first kappa shape index (κ1) is 12.2. The monoisotopic (exact) mass is 242 g/mol. The van der Waals surface area contributed by atoms with Crippen LogP contribution in [0.4, 0.5) is 0 Å². The van der Waals surface area contributed by atoms with Crippen LogP contribution in [0.3, 0.4) is 0 Å². The summed E-state index contributed by atoms with van der Waals surface area (Å²) in [6, 6.07) is 1.63. The number of furan rings is 1. The molecule has 1 N–H and O–H groups in total. The first-order chi connectivity index (χ1) is 8.60. The van der Waals surface area contributed by atoms with Gasteiger partial charge in [-0.2, -0.15) is 0 Å². The fourth-order valence-electron chi connectivity index (χ4n) is 1.97. The number of aryl methyl sites for hydroxylation is 1. The minimum atomic E-state index is -0.116. The molecule has 0 atom stereocenters. The zero-order valence-corrected chi connectivity index (χ0v) is 10.4. The van der Waals surface area contributed by atoms with Crippen molar-refractivity contribution in [3.05, 3.63) is 47.8 Å². The van der Waals surface area contributed by atoms with E-state index in [0.29, 0.717) is 22.1 Å². The molecule has 0 bridgehead atoms. The van der Waals surface area contributed by atoms with Crippen LogP contribution in [0.5, 0.6) is 5.75 Å². The Balaban J connectivity index is 2.86. The molecule has 3 heteroatoms. The Morgan fingerprint density at radius 3 is 2.83 bits per heavy atom. The van der Waals surface area contributed by atoms with Crippen LogP contribution in [0.15, 0.2) is 35.5 Å². The van der Waals surface area contributed by atoms with Crippen molar-refractivity contribution in [2.24, 2.45) is 0 Å². The first-order valence-corrected chi connectivity index (χ1v) is 5.63. The van der Waals surface area contributed by atoms with Crippen molar-refractivity contribution in [1.29, 1.82) is 0 Å². The van der Waals surface area contributed by atoms with Gasteiger partial charge in [-0.25, -0.2) is 0 Å². The third kappa shape index (κ3) is 1.74. The van der Waals surface area contributed by atoms with E-state index in [1.165, 1.54) is 18.4 Å². The van der Waals surface area contributed by atoms with E-state index in [-0.39, 0.29) is 11.5 Å². The highest BCUT2D eigenvalue weighted by Gasteiger charge is 2.18. The molecule has 0 unspecified atom stereocenters. The van der Waals surface area contributed by atoms with Crippen molar-refractivity contribution < 1.29 is 14.3 Å². The van der Waals surface area contributed by atoms with Crippen molar-refractivity contribution in [2.45, 2.75) is 13.8 Å². The predicted molar refractivity (Wildman–Crippen MR) is 71.9 cm³/mol. The van der Waals surface area contributed by atoms with E-state index in [2.05, 4.69) is 6.58 Å². The van der Waals surface area contributed by atoms with E-state index in [9.17, 15) is 9.90 Å². The quantitative estimate of drug-likeness (QED) is 0.657. The van der Waals surface area contributed by atoms with Gasteiger partial charge in [-0.15, -0.1) is 0 Å². The third-order valence-corrected chi connectivity index (χ3v) is 2.84. The summed E-state index contributed by atoms with van der Waals surface area (Å²) in [5.41, 5.74) is 2.16. The van der Waals surface area contributed by atoms with E-state index in [4.69, 9.17) is 4.42 Å². The molecule has 0 aliphatic rings. The normalized spacial score (nSPS) is 11.2. The van der Waals surface area contributed by atoms with Crippen LogP contribution in [0.25, 0.3) is 17.0 Å². The zero-order valence-electron chi connectivity index (χ0n) is 10.4. The van der Waals surface area contributed by atoms with Gasteiger partial charge in [-0.3, -0.25) is 4.79 Å². The van der Waals surface area contributed by atoms with Crippen molar-refractivity contribution in [2.75, 3.05) is 0 Å². The van der Waals surface area contributed by atoms with Crippen molar-refractivity contribution in [1.82, 2.24) is 0 Å². The molecule has 1 aromatic carbocycles. The molecular formula is C15H14O3. The number of allylic oxidation sites excluding steroid dienone is 2. The Labute approximate surface area is 105 Å². The molecule has 92 valence electrons. The summed E-state index contributed by atoms with van der Waals surface area (Å²) in [6.45, 7) is 7.24. The fraction of sp³-hybridized carbons (Fsp3) is 0.133. The Hall–Kier alpha value is -2.29. The van der Waals surface area contributed by atoms with Crippen molar-refractivity contribution in [3.8, 4) is 5.75 Å². The number of ketones is 1. The van der Waals surface area contributed by atoms with Gasteiger partial charge < -0.3 is 9.52 Å².